The lowest BCUT2D eigenvalue weighted by molar-refractivity contribution is -0.144. The third kappa shape index (κ3) is 9.25. The van der Waals surface area contributed by atoms with E-state index in [0.29, 0.717) is 6.42 Å². The molecule has 3 unspecified atom stereocenters. The fraction of sp³-hybridized carbons (Fsp3) is 0.773. The van der Waals surface area contributed by atoms with Gasteiger partial charge >= 0.3 is 5.97 Å². The molecule has 0 spiro atoms. The SMILES string of the molecule is C=CC(C)(O)CCC=C(C)CCC1CC(CCCCCCC)OC1=O. The summed E-state index contributed by atoms with van der Waals surface area (Å²) < 4.78 is 5.55. The maximum atomic E-state index is 12.0. The summed E-state index contributed by atoms with van der Waals surface area (Å²) in [6.07, 6.45) is 15.4. The number of esters is 1. The third-order valence-electron chi connectivity index (χ3n) is 5.26. The van der Waals surface area contributed by atoms with E-state index >= 15 is 0 Å². The first-order chi connectivity index (χ1) is 11.9. The van der Waals surface area contributed by atoms with Crippen molar-refractivity contribution in [3.63, 3.8) is 0 Å². The fourth-order valence-corrected chi connectivity index (χ4v) is 3.33. The fourth-order valence-electron chi connectivity index (χ4n) is 3.33. The van der Waals surface area contributed by atoms with Crippen molar-refractivity contribution >= 4 is 5.97 Å². The van der Waals surface area contributed by atoms with Crippen LogP contribution in [0, 0.1) is 5.92 Å². The van der Waals surface area contributed by atoms with E-state index in [1.807, 2.05) is 0 Å². The Morgan fingerprint density at radius 1 is 1.32 bits per heavy atom. The number of allylic oxidation sites excluding steroid dienone is 2. The lowest BCUT2D eigenvalue weighted by atomic mass is 9.94. The van der Waals surface area contributed by atoms with Gasteiger partial charge < -0.3 is 9.84 Å². The highest BCUT2D eigenvalue weighted by Crippen LogP contribution is 2.29. The quantitative estimate of drug-likeness (QED) is 0.262. The van der Waals surface area contributed by atoms with E-state index in [1.165, 1.54) is 37.7 Å². The maximum absolute atomic E-state index is 12.0. The lowest BCUT2D eigenvalue weighted by Gasteiger charge is -2.17. The number of cyclic esters (lactones) is 1. The summed E-state index contributed by atoms with van der Waals surface area (Å²) in [5.41, 5.74) is 0.492. The molecule has 1 N–H and O–H groups in total. The Hall–Kier alpha value is -1.09. The number of hydrogen-bond donors (Lipinski definition) is 1. The minimum Gasteiger partial charge on any atom is -0.462 e. The van der Waals surface area contributed by atoms with Crippen LogP contribution in [0.25, 0.3) is 0 Å². The molecule has 144 valence electrons. The summed E-state index contributed by atoms with van der Waals surface area (Å²) in [6, 6.07) is 0. The average Bonchev–Trinajstić information content (AvgIpc) is 2.92. The Morgan fingerprint density at radius 2 is 2.04 bits per heavy atom. The van der Waals surface area contributed by atoms with Gasteiger partial charge in [-0.15, -0.1) is 6.58 Å². The first kappa shape index (κ1) is 22.0. The summed E-state index contributed by atoms with van der Waals surface area (Å²) in [5, 5.41) is 9.91. The molecule has 0 aromatic carbocycles. The molecular weight excluding hydrogens is 312 g/mol. The highest BCUT2D eigenvalue weighted by molar-refractivity contribution is 5.74. The van der Waals surface area contributed by atoms with Gasteiger partial charge in [0, 0.05) is 0 Å². The molecule has 1 saturated heterocycles. The van der Waals surface area contributed by atoms with E-state index in [4.69, 9.17) is 4.74 Å². The van der Waals surface area contributed by atoms with Crippen molar-refractivity contribution in [2.24, 2.45) is 5.92 Å². The Balaban J connectivity index is 2.23. The molecule has 3 nitrogen and oxygen atoms in total. The van der Waals surface area contributed by atoms with Crippen LogP contribution in [0.2, 0.25) is 0 Å². The molecule has 1 aliphatic heterocycles. The van der Waals surface area contributed by atoms with Crippen molar-refractivity contribution in [2.45, 2.75) is 103 Å². The monoisotopic (exact) mass is 350 g/mol. The molecule has 3 atom stereocenters. The molecule has 3 heteroatoms. The van der Waals surface area contributed by atoms with E-state index in [-0.39, 0.29) is 18.0 Å². The Bertz CT molecular complexity index is 437. The number of aliphatic hydroxyl groups is 1. The smallest absolute Gasteiger partial charge is 0.309 e. The number of carbonyl (C=O) groups excluding carboxylic acids is 1. The molecule has 1 heterocycles. The van der Waals surface area contributed by atoms with Crippen LogP contribution < -0.4 is 0 Å². The van der Waals surface area contributed by atoms with E-state index in [9.17, 15) is 9.90 Å². The van der Waals surface area contributed by atoms with Crippen LogP contribution in [0.3, 0.4) is 0 Å². The second-order valence-corrected chi connectivity index (χ2v) is 7.88. The zero-order valence-corrected chi connectivity index (χ0v) is 16.6. The highest BCUT2D eigenvalue weighted by Gasteiger charge is 2.33. The molecule has 1 fully saturated rings. The summed E-state index contributed by atoms with van der Waals surface area (Å²) in [4.78, 5) is 12.0. The van der Waals surface area contributed by atoms with Crippen molar-refractivity contribution in [3.8, 4) is 0 Å². The first-order valence-corrected chi connectivity index (χ1v) is 10.1. The van der Waals surface area contributed by atoms with Gasteiger partial charge in [-0.1, -0.05) is 50.3 Å². The number of unbranched alkanes of at least 4 members (excludes halogenated alkanes) is 4. The molecule has 0 saturated carbocycles. The molecule has 1 rings (SSSR count). The average molecular weight is 351 g/mol. The van der Waals surface area contributed by atoms with Gasteiger partial charge in [-0.2, -0.15) is 0 Å². The van der Waals surface area contributed by atoms with E-state index in [1.54, 1.807) is 13.0 Å². The highest BCUT2D eigenvalue weighted by atomic mass is 16.5. The van der Waals surface area contributed by atoms with E-state index < -0.39 is 5.60 Å². The van der Waals surface area contributed by atoms with Crippen LogP contribution in [0.15, 0.2) is 24.3 Å². The molecular formula is C22H38O3. The Labute approximate surface area is 154 Å². The normalized spacial score (nSPS) is 23.4. The maximum Gasteiger partial charge on any atom is 0.309 e. The van der Waals surface area contributed by atoms with Crippen LogP contribution in [-0.4, -0.2) is 22.8 Å². The molecule has 0 bridgehead atoms. The third-order valence-corrected chi connectivity index (χ3v) is 5.26. The van der Waals surface area contributed by atoms with Crippen molar-refractivity contribution in [1.82, 2.24) is 0 Å². The zero-order valence-electron chi connectivity index (χ0n) is 16.6. The molecule has 0 aromatic rings. The Morgan fingerprint density at radius 3 is 2.72 bits per heavy atom. The molecule has 0 amide bonds. The van der Waals surface area contributed by atoms with Crippen LogP contribution in [0.4, 0.5) is 0 Å². The largest absolute Gasteiger partial charge is 0.462 e. The van der Waals surface area contributed by atoms with Gasteiger partial charge in [-0.3, -0.25) is 4.79 Å². The second-order valence-electron chi connectivity index (χ2n) is 7.88. The van der Waals surface area contributed by atoms with Gasteiger partial charge in [-0.05, 0) is 58.8 Å². The van der Waals surface area contributed by atoms with Crippen LogP contribution >= 0.6 is 0 Å². The van der Waals surface area contributed by atoms with Gasteiger partial charge in [0.25, 0.3) is 0 Å². The van der Waals surface area contributed by atoms with E-state index in [0.717, 1.165) is 32.1 Å². The predicted octanol–water partition coefficient (Wildman–Crippen LogP) is 5.72. The van der Waals surface area contributed by atoms with Crippen LogP contribution in [0.5, 0.6) is 0 Å². The van der Waals surface area contributed by atoms with Gasteiger partial charge in [0.05, 0.1) is 11.5 Å². The van der Waals surface area contributed by atoms with Crippen molar-refractivity contribution in [1.29, 1.82) is 0 Å². The van der Waals surface area contributed by atoms with Gasteiger partial charge in [0.1, 0.15) is 6.10 Å². The molecule has 0 aliphatic carbocycles. The minimum atomic E-state index is -0.795. The van der Waals surface area contributed by atoms with Crippen molar-refractivity contribution < 1.29 is 14.6 Å². The molecule has 1 aliphatic rings. The van der Waals surface area contributed by atoms with Gasteiger partial charge in [0.2, 0.25) is 0 Å². The number of rotatable bonds is 13. The second kappa shape index (κ2) is 11.5. The summed E-state index contributed by atoms with van der Waals surface area (Å²) in [6.45, 7) is 9.75. The topological polar surface area (TPSA) is 46.5 Å². The van der Waals surface area contributed by atoms with Gasteiger partial charge in [-0.25, -0.2) is 0 Å². The van der Waals surface area contributed by atoms with Crippen molar-refractivity contribution in [3.05, 3.63) is 24.3 Å². The van der Waals surface area contributed by atoms with Crippen LogP contribution in [-0.2, 0) is 9.53 Å². The Kier molecular flexibility index (Phi) is 10.1. The van der Waals surface area contributed by atoms with Crippen LogP contribution in [0.1, 0.15) is 91.4 Å². The number of hydrogen-bond acceptors (Lipinski definition) is 3. The minimum absolute atomic E-state index is 0.000879. The predicted molar refractivity (Wildman–Crippen MR) is 104 cm³/mol. The summed E-state index contributed by atoms with van der Waals surface area (Å²) >= 11 is 0. The molecule has 25 heavy (non-hydrogen) atoms. The van der Waals surface area contributed by atoms with Gasteiger partial charge in [0.15, 0.2) is 0 Å². The lowest BCUT2D eigenvalue weighted by Crippen LogP contribution is -2.19. The molecule has 0 radical (unpaired) electrons. The first-order valence-electron chi connectivity index (χ1n) is 10.1. The number of ether oxygens (including phenoxy) is 1. The summed E-state index contributed by atoms with van der Waals surface area (Å²) in [5.74, 6) is 0.0706. The van der Waals surface area contributed by atoms with E-state index in [2.05, 4.69) is 26.5 Å². The zero-order chi connectivity index (χ0) is 18.7. The summed E-state index contributed by atoms with van der Waals surface area (Å²) in [7, 11) is 0. The standard InChI is InChI=1S/C22H38O3/c1-5-7-8-9-10-13-20-17-19(21(23)25-20)15-14-18(3)12-11-16-22(4,24)6-2/h6,12,19-20,24H,2,5,7-11,13-17H2,1,3-4H3. The number of carbonyl (C=O) groups is 1. The molecule has 0 aromatic heterocycles. The van der Waals surface area contributed by atoms with Crippen molar-refractivity contribution in [2.75, 3.05) is 0 Å².